The van der Waals surface area contributed by atoms with Gasteiger partial charge in [0.2, 0.25) is 0 Å². The van der Waals surface area contributed by atoms with Crippen LogP contribution in [0.1, 0.15) is 46.6 Å². The first-order valence-electron chi connectivity index (χ1n) is 6.85. The van der Waals surface area contributed by atoms with Crippen molar-refractivity contribution in [3.05, 3.63) is 40.9 Å². The number of nitrogens with one attached hydrogen (secondary N) is 1. The fourth-order valence-electron chi connectivity index (χ4n) is 2.49. The molecule has 0 amide bonds. The monoisotopic (exact) mass is 279 g/mol. The Hall–Kier alpha value is -0.790. The molecule has 19 heavy (non-hydrogen) atoms. The van der Waals surface area contributed by atoms with Crippen molar-refractivity contribution in [1.29, 1.82) is 0 Å². The number of hydrogen-bond acceptors (Lipinski definition) is 1. The summed E-state index contributed by atoms with van der Waals surface area (Å²) in [6, 6.07) is 7.88. The lowest BCUT2D eigenvalue weighted by atomic mass is 9.82. The van der Waals surface area contributed by atoms with Gasteiger partial charge in [-0.15, -0.1) is 0 Å². The summed E-state index contributed by atoms with van der Waals surface area (Å²) in [4.78, 5) is 0. The average Bonchev–Trinajstić information content (AvgIpc) is 2.23. The summed E-state index contributed by atoms with van der Waals surface area (Å²) in [5, 5.41) is 4.36. The van der Waals surface area contributed by atoms with Crippen LogP contribution in [0, 0.1) is 5.41 Å². The fraction of sp³-hybridized carbons (Fsp3) is 0.529. The van der Waals surface area contributed by atoms with E-state index < -0.39 is 0 Å². The molecule has 1 aromatic carbocycles. The van der Waals surface area contributed by atoms with Crippen LogP contribution in [0.5, 0.6) is 0 Å². The van der Waals surface area contributed by atoms with Gasteiger partial charge in [0.05, 0.1) is 0 Å². The number of benzene rings is 1. The van der Waals surface area contributed by atoms with E-state index in [0.717, 1.165) is 18.0 Å². The van der Waals surface area contributed by atoms with Crippen molar-refractivity contribution >= 4 is 17.7 Å². The van der Waals surface area contributed by atoms with Gasteiger partial charge in [0, 0.05) is 17.1 Å². The van der Waals surface area contributed by atoms with Crippen LogP contribution in [0.2, 0.25) is 5.02 Å². The first-order chi connectivity index (χ1) is 8.68. The molecular formula is C17H26ClN. The van der Waals surface area contributed by atoms with Crippen molar-refractivity contribution < 1.29 is 0 Å². The third-order valence-electron chi connectivity index (χ3n) is 2.85. The van der Waals surface area contributed by atoms with Gasteiger partial charge in [-0.3, -0.25) is 0 Å². The van der Waals surface area contributed by atoms with Crippen molar-refractivity contribution in [3.8, 4) is 0 Å². The largest absolute Gasteiger partial charge is 0.308 e. The lowest BCUT2D eigenvalue weighted by Crippen LogP contribution is -2.42. The Morgan fingerprint density at radius 1 is 1.05 bits per heavy atom. The van der Waals surface area contributed by atoms with Crippen LogP contribution >= 0.6 is 11.6 Å². The maximum Gasteiger partial charge on any atom is 0.0406 e. The van der Waals surface area contributed by atoms with Gasteiger partial charge in [-0.25, -0.2) is 0 Å². The summed E-state index contributed by atoms with van der Waals surface area (Å²) in [7, 11) is 0. The lowest BCUT2D eigenvalue weighted by molar-refractivity contribution is 0.248. The van der Waals surface area contributed by atoms with E-state index in [0.29, 0.717) is 5.41 Å². The first-order valence-corrected chi connectivity index (χ1v) is 7.23. The zero-order chi connectivity index (χ0) is 14.5. The van der Waals surface area contributed by atoms with Gasteiger partial charge in [0.25, 0.3) is 0 Å². The van der Waals surface area contributed by atoms with E-state index in [1.54, 1.807) is 0 Å². The van der Waals surface area contributed by atoms with Crippen molar-refractivity contribution in [1.82, 2.24) is 5.32 Å². The molecule has 0 radical (unpaired) electrons. The van der Waals surface area contributed by atoms with Crippen LogP contribution in [-0.4, -0.2) is 12.1 Å². The van der Waals surface area contributed by atoms with Crippen molar-refractivity contribution in [2.45, 2.75) is 46.6 Å². The Balaban J connectivity index is 2.43. The van der Waals surface area contributed by atoms with Gasteiger partial charge in [-0.2, -0.15) is 0 Å². The molecule has 0 fully saturated rings. The molecule has 0 bridgehead atoms. The molecule has 0 atom stereocenters. The molecule has 1 rings (SSSR count). The standard InChI is InChI=1S/C17H26ClN/c1-16(2,3)13-17(4,5)19-12-6-7-14-8-10-15(18)11-9-14/h6-11,19H,12-13H2,1-5H3/b7-6+. The molecule has 0 aliphatic heterocycles. The van der Waals surface area contributed by atoms with E-state index in [1.807, 2.05) is 24.3 Å². The highest BCUT2D eigenvalue weighted by Gasteiger charge is 2.24. The molecule has 0 aromatic heterocycles. The SMILES string of the molecule is CC(C)(C)CC(C)(C)NC/C=C/c1ccc(Cl)cc1. The molecule has 0 aliphatic rings. The normalized spacial score (nSPS) is 13.2. The Morgan fingerprint density at radius 3 is 2.16 bits per heavy atom. The second kappa shape index (κ2) is 6.58. The third kappa shape index (κ3) is 7.39. The molecule has 0 spiro atoms. The number of rotatable bonds is 5. The molecule has 2 heteroatoms. The summed E-state index contributed by atoms with van der Waals surface area (Å²) in [5.41, 5.74) is 1.68. The fourth-order valence-corrected chi connectivity index (χ4v) is 2.62. The predicted molar refractivity (Wildman–Crippen MR) is 86.6 cm³/mol. The second-order valence-corrected chi connectivity index (χ2v) is 7.39. The van der Waals surface area contributed by atoms with E-state index in [-0.39, 0.29) is 5.54 Å². The molecule has 1 N–H and O–H groups in total. The zero-order valence-electron chi connectivity index (χ0n) is 12.8. The number of halogens is 1. The van der Waals surface area contributed by atoms with E-state index in [2.05, 4.69) is 52.1 Å². The molecule has 0 aliphatic carbocycles. The van der Waals surface area contributed by atoms with Gasteiger partial charge < -0.3 is 5.32 Å². The molecule has 106 valence electrons. The van der Waals surface area contributed by atoms with E-state index in [9.17, 15) is 0 Å². The highest BCUT2D eigenvalue weighted by atomic mass is 35.5. The van der Waals surface area contributed by atoms with Crippen molar-refractivity contribution in [2.75, 3.05) is 6.54 Å². The topological polar surface area (TPSA) is 12.0 Å². The highest BCUT2D eigenvalue weighted by Crippen LogP contribution is 2.26. The van der Waals surface area contributed by atoms with Crippen molar-refractivity contribution in [3.63, 3.8) is 0 Å². The molecule has 0 unspecified atom stereocenters. The van der Waals surface area contributed by atoms with Crippen LogP contribution in [-0.2, 0) is 0 Å². The maximum absolute atomic E-state index is 5.86. The minimum atomic E-state index is 0.155. The van der Waals surface area contributed by atoms with Crippen LogP contribution in [0.25, 0.3) is 6.08 Å². The Bertz CT molecular complexity index is 410. The van der Waals surface area contributed by atoms with Gasteiger partial charge >= 0.3 is 0 Å². The van der Waals surface area contributed by atoms with E-state index in [4.69, 9.17) is 11.6 Å². The van der Waals surface area contributed by atoms with E-state index in [1.165, 1.54) is 5.56 Å². The summed E-state index contributed by atoms with van der Waals surface area (Å²) in [6.07, 6.45) is 5.43. The third-order valence-corrected chi connectivity index (χ3v) is 3.10. The van der Waals surface area contributed by atoms with Gasteiger partial charge in [0.1, 0.15) is 0 Å². The average molecular weight is 280 g/mol. The quantitative estimate of drug-likeness (QED) is 0.785. The molecular weight excluding hydrogens is 254 g/mol. The Labute approximate surface area is 123 Å². The molecule has 0 saturated carbocycles. The van der Waals surface area contributed by atoms with Crippen LogP contribution in [0.3, 0.4) is 0 Å². The summed E-state index contributed by atoms with van der Waals surface area (Å²) in [6.45, 7) is 12.2. The van der Waals surface area contributed by atoms with Crippen LogP contribution in [0.15, 0.2) is 30.3 Å². The van der Waals surface area contributed by atoms with Gasteiger partial charge in [0.15, 0.2) is 0 Å². The predicted octanol–water partition coefficient (Wildman–Crippen LogP) is 5.16. The molecule has 0 saturated heterocycles. The van der Waals surface area contributed by atoms with Gasteiger partial charge in [-0.1, -0.05) is 56.7 Å². The highest BCUT2D eigenvalue weighted by molar-refractivity contribution is 6.30. The van der Waals surface area contributed by atoms with Crippen LogP contribution < -0.4 is 5.32 Å². The minimum Gasteiger partial charge on any atom is -0.308 e. The zero-order valence-corrected chi connectivity index (χ0v) is 13.5. The van der Waals surface area contributed by atoms with E-state index >= 15 is 0 Å². The first kappa shape index (κ1) is 16.3. The van der Waals surface area contributed by atoms with Crippen LogP contribution in [0.4, 0.5) is 0 Å². The molecule has 1 nitrogen and oxygen atoms in total. The molecule has 1 aromatic rings. The van der Waals surface area contributed by atoms with Gasteiger partial charge in [-0.05, 0) is 43.4 Å². The molecule has 0 heterocycles. The smallest absolute Gasteiger partial charge is 0.0406 e. The summed E-state index contributed by atoms with van der Waals surface area (Å²) < 4.78 is 0. The summed E-state index contributed by atoms with van der Waals surface area (Å²) >= 11 is 5.86. The van der Waals surface area contributed by atoms with Crippen molar-refractivity contribution in [2.24, 2.45) is 5.41 Å². The lowest BCUT2D eigenvalue weighted by Gasteiger charge is -2.33. The number of hydrogen-bond donors (Lipinski definition) is 1. The Kier molecular flexibility index (Phi) is 5.64. The minimum absolute atomic E-state index is 0.155. The second-order valence-electron chi connectivity index (χ2n) is 6.96. The maximum atomic E-state index is 5.86. The Morgan fingerprint density at radius 2 is 1.63 bits per heavy atom. The summed E-state index contributed by atoms with van der Waals surface area (Å²) in [5.74, 6) is 0.